The van der Waals surface area contributed by atoms with E-state index in [1.807, 2.05) is 30.3 Å². The number of carbonyl (C=O) groups is 3. The number of hydrogen-bond donors (Lipinski definition) is 1. The number of rotatable bonds is 6. The Morgan fingerprint density at radius 2 is 1.97 bits per heavy atom. The first kappa shape index (κ1) is 21.5. The first-order valence-electron chi connectivity index (χ1n) is 9.62. The second-order valence-electron chi connectivity index (χ2n) is 6.99. The summed E-state index contributed by atoms with van der Waals surface area (Å²) in [7, 11) is 0. The van der Waals surface area contributed by atoms with Crippen LogP contribution in [0.5, 0.6) is 0 Å². The van der Waals surface area contributed by atoms with Gasteiger partial charge in [-0.15, -0.1) is 11.3 Å². The van der Waals surface area contributed by atoms with Gasteiger partial charge in [0.05, 0.1) is 23.7 Å². The van der Waals surface area contributed by atoms with Crippen molar-refractivity contribution in [3.63, 3.8) is 0 Å². The Morgan fingerprint density at radius 1 is 1.23 bits per heavy atom. The molecule has 1 aliphatic carbocycles. The lowest BCUT2D eigenvalue weighted by molar-refractivity contribution is -0.144. The van der Waals surface area contributed by atoms with E-state index in [4.69, 9.17) is 9.47 Å². The third-order valence-corrected chi connectivity index (χ3v) is 6.18. The van der Waals surface area contributed by atoms with Gasteiger partial charge in [-0.25, -0.2) is 4.79 Å². The number of esters is 2. The lowest BCUT2D eigenvalue weighted by Crippen LogP contribution is -2.31. The SMILES string of the molecule is CCOC(=O)c1c(NC(=O)COC(C)=O)sc2c1CCC(C#N)(c1ccccc1)C2. The summed E-state index contributed by atoms with van der Waals surface area (Å²) < 4.78 is 9.93. The summed E-state index contributed by atoms with van der Waals surface area (Å²) in [5.74, 6) is -1.62. The minimum absolute atomic E-state index is 0.205. The van der Waals surface area contributed by atoms with Crippen molar-refractivity contribution in [2.24, 2.45) is 0 Å². The number of nitrogens with one attached hydrogen (secondary N) is 1. The smallest absolute Gasteiger partial charge is 0.341 e. The lowest BCUT2D eigenvalue weighted by atomic mass is 9.70. The van der Waals surface area contributed by atoms with Crippen LogP contribution in [-0.2, 0) is 37.3 Å². The molecular formula is C22H22N2O5S. The molecule has 0 saturated heterocycles. The van der Waals surface area contributed by atoms with E-state index >= 15 is 0 Å². The first-order chi connectivity index (χ1) is 14.4. The molecule has 0 saturated carbocycles. The maximum absolute atomic E-state index is 12.6. The molecule has 1 unspecified atom stereocenters. The molecule has 7 nitrogen and oxygen atoms in total. The van der Waals surface area contributed by atoms with E-state index in [0.29, 0.717) is 29.8 Å². The van der Waals surface area contributed by atoms with Gasteiger partial charge in [0, 0.05) is 18.2 Å². The van der Waals surface area contributed by atoms with E-state index in [1.54, 1.807) is 6.92 Å². The van der Waals surface area contributed by atoms with Gasteiger partial charge in [0.1, 0.15) is 5.00 Å². The molecule has 1 amide bonds. The van der Waals surface area contributed by atoms with Crippen LogP contribution < -0.4 is 5.32 Å². The molecule has 0 fully saturated rings. The average Bonchev–Trinajstić information content (AvgIpc) is 3.09. The highest BCUT2D eigenvalue weighted by atomic mass is 32.1. The normalized spacial score (nSPS) is 17.4. The zero-order chi connectivity index (χ0) is 21.7. The number of thiophene rings is 1. The van der Waals surface area contributed by atoms with Crippen molar-refractivity contribution in [3.8, 4) is 6.07 Å². The predicted molar refractivity (Wildman–Crippen MR) is 111 cm³/mol. The largest absolute Gasteiger partial charge is 0.462 e. The zero-order valence-electron chi connectivity index (χ0n) is 16.8. The Kier molecular flexibility index (Phi) is 6.53. The van der Waals surface area contributed by atoms with Gasteiger partial charge < -0.3 is 14.8 Å². The van der Waals surface area contributed by atoms with Gasteiger partial charge in [-0.3, -0.25) is 9.59 Å². The van der Waals surface area contributed by atoms with E-state index in [0.717, 1.165) is 16.0 Å². The van der Waals surface area contributed by atoms with Crippen molar-refractivity contribution in [1.82, 2.24) is 0 Å². The predicted octanol–water partition coefficient (Wildman–Crippen LogP) is 3.38. The molecule has 156 valence electrons. The molecule has 1 aromatic carbocycles. The van der Waals surface area contributed by atoms with Gasteiger partial charge in [-0.05, 0) is 30.9 Å². The summed E-state index contributed by atoms with van der Waals surface area (Å²) in [5, 5.41) is 13.0. The Balaban J connectivity index is 1.96. The van der Waals surface area contributed by atoms with Gasteiger partial charge in [-0.1, -0.05) is 30.3 Å². The monoisotopic (exact) mass is 426 g/mol. The van der Waals surface area contributed by atoms with Crippen LogP contribution in [0.4, 0.5) is 5.00 Å². The molecule has 1 aliphatic rings. The Bertz CT molecular complexity index is 1010. The van der Waals surface area contributed by atoms with Crippen LogP contribution in [0.25, 0.3) is 0 Å². The van der Waals surface area contributed by atoms with Gasteiger partial charge >= 0.3 is 11.9 Å². The fourth-order valence-corrected chi connectivity index (χ4v) is 4.99. The van der Waals surface area contributed by atoms with Gasteiger partial charge in [0.15, 0.2) is 6.61 Å². The summed E-state index contributed by atoms with van der Waals surface area (Å²) in [4.78, 5) is 36.6. The quantitative estimate of drug-likeness (QED) is 0.710. The zero-order valence-corrected chi connectivity index (χ0v) is 17.6. The number of carbonyl (C=O) groups excluding carboxylic acids is 3. The van der Waals surface area contributed by atoms with E-state index < -0.39 is 29.9 Å². The number of benzene rings is 1. The molecule has 1 heterocycles. The van der Waals surface area contributed by atoms with Crippen LogP contribution in [0.15, 0.2) is 30.3 Å². The molecule has 8 heteroatoms. The standard InChI is InChI=1S/C22H22N2O5S/c1-3-28-21(27)19-16-9-10-22(13-23,15-7-5-4-6-8-15)11-17(16)30-20(19)24-18(26)12-29-14(2)25/h4-8H,3,9-12H2,1-2H3,(H,24,26). The van der Waals surface area contributed by atoms with Crippen molar-refractivity contribution in [1.29, 1.82) is 5.26 Å². The number of nitrogens with zero attached hydrogens (tertiary/aromatic N) is 1. The van der Waals surface area contributed by atoms with Crippen LogP contribution >= 0.6 is 11.3 Å². The number of anilines is 1. The fraction of sp³-hybridized carbons (Fsp3) is 0.364. The van der Waals surface area contributed by atoms with Crippen molar-refractivity contribution in [2.45, 2.75) is 38.5 Å². The molecule has 2 aromatic rings. The molecule has 0 bridgehead atoms. The van der Waals surface area contributed by atoms with Crippen LogP contribution in [0.2, 0.25) is 0 Å². The van der Waals surface area contributed by atoms with Crippen molar-refractivity contribution in [3.05, 3.63) is 51.9 Å². The molecule has 1 N–H and O–H groups in total. The van der Waals surface area contributed by atoms with Crippen LogP contribution in [0.3, 0.4) is 0 Å². The average molecular weight is 426 g/mol. The summed E-state index contributed by atoms with van der Waals surface area (Å²) >= 11 is 1.27. The molecule has 1 atom stereocenters. The van der Waals surface area contributed by atoms with Crippen LogP contribution in [0, 0.1) is 11.3 Å². The summed E-state index contributed by atoms with van der Waals surface area (Å²) in [6.07, 6.45) is 1.52. The highest BCUT2D eigenvalue weighted by molar-refractivity contribution is 7.17. The number of nitriles is 1. The molecule has 3 rings (SSSR count). The maximum atomic E-state index is 12.6. The second-order valence-corrected chi connectivity index (χ2v) is 8.10. The second kappa shape index (κ2) is 9.09. The molecule has 0 aliphatic heterocycles. The highest BCUT2D eigenvalue weighted by Crippen LogP contribution is 2.45. The van der Waals surface area contributed by atoms with Crippen molar-refractivity contribution >= 4 is 34.2 Å². The Hall–Kier alpha value is -3.18. The first-order valence-corrected chi connectivity index (χ1v) is 10.4. The molecule has 0 spiro atoms. The molecule has 1 aromatic heterocycles. The summed E-state index contributed by atoms with van der Waals surface area (Å²) in [6, 6.07) is 12.1. The maximum Gasteiger partial charge on any atom is 0.341 e. The summed E-state index contributed by atoms with van der Waals surface area (Å²) in [5.41, 5.74) is 1.38. The van der Waals surface area contributed by atoms with E-state index in [2.05, 4.69) is 11.4 Å². The number of ether oxygens (including phenoxy) is 2. The van der Waals surface area contributed by atoms with Crippen LogP contribution in [0.1, 0.15) is 46.6 Å². The van der Waals surface area contributed by atoms with E-state index in [9.17, 15) is 19.6 Å². The van der Waals surface area contributed by atoms with Gasteiger partial charge in [0.2, 0.25) is 0 Å². The molecule has 0 radical (unpaired) electrons. The Labute approximate surface area is 178 Å². The summed E-state index contributed by atoms with van der Waals surface area (Å²) in [6.45, 7) is 2.70. The van der Waals surface area contributed by atoms with Crippen LogP contribution in [-0.4, -0.2) is 31.1 Å². The lowest BCUT2D eigenvalue weighted by Gasteiger charge is -2.31. The van der Waals surface area contributed by atoms with E-state index in [-0.39, 0.29) is 6.61 Å². The third-order valence-electron chi connectivity index (χ3n) is 5.03. The highest BCUT2D eigenvalue weighted by Gasteiger charge is 2.40. The minimum atomic E-state index is -0.690. The van der Waals surface area contributed by atoms with E-state index in [1.165, 1.54) is 18.3 Å². The van der Waals surface area contributed by atoms with Crippen molar-refractivity contribution in [2.75, 3.05) is 18.5 Å². The number of hydrogen-bond acceptors (Lipinski definition) is 7. The number of fused-ring (bicyclic) bond motifs is 1. The van der Waals surface area contributed by atoms with Gasteiger partial charge in [0.25, 0.3) is 5.91 Å². The molecular weight excluding hydrogens is 404 g/mol. The minimum Gasteiger partial charge on any atom is -0.462 e. The topological polar surface area (TPSA) is 105 Å². The third kappa shape index (κ3) is 4.36. The number of amides is 1. The van der Waals surface area contributed by atoms with Gasteiger partial charge in [-0.2, -0.15) is 5.26 Å². The fourth-order valence-electron chi connectivity index (χ4n) is 3.62. The van der Waals surface area contributed by atoms with Crippen molar-refractivity contribution < 1.29 is 23.9 Å². The molecule has 30 heavy (non-hydrogen) atoms. The Morgan fingerprint density at radius 3 is 2.60 bits per heavy atom.